The lowest BCUT2D eigenvalue weighted by Gasteiger charge is -2.05. The van der Waals surface area contributed by atoms with Gasteiger partial charge in [0.05, 0.1) is 24.1 Å². The zero-order chi connectivity index (χ0) is 16.9. The van der Waals surface area contributed by atoms with Crippen molar-refractivity contribution in [2.24, 2.45) is 0 Å². The van der Waals surface area contributed by atoms with E-state index in [1.165, 1.54) is 0 Å². The number of oxazole rings is 1. The maximum atomic E-state index is 12.2. The molecule has 0 aromatic carbocycles. The van der Waals surface area contributed by atoms with Crippen LogP contribution in [0.15, 0.2) is 40.3 Å². The van der Waals surface area contributed by atoms with Crippen LogP contribution >= 0.6 is 11.3 Å². The first kappa shape index (κ1) is 16.2. The molecule has 3 aromatic rings. The summed E-state index contributed by atoms with van der Waals surface area (Å²) in [5.74, 6) is 1.64. The first-order chi connectivity index (χ1) is 11.7. The summed E-state index contributed by atoms with van der Waals surface area (Å²) in [6.45, 7) is 2.23. The Labute approximate surface area is 143 Å². The van der Waals surface area contributed by atoms with E-state index >= 15 is 0 Å². The van der Waals surface area contributed by atoms with Crippen molar-refractivity contribution < 1.29 is 13.9 Å². The summed E-state index contributed by atoms with van der Waals surface area (Å²) in [5.41, 5.74) is 1.58. The number of amides is 1. The zero-order valence-corrected chi connectivity index (χ0v) is 14.2. The number of carbonyl (C=O) groups excluding carboxylic acids is 1. The summed E-state index contributed by atoms with van der Waals surface area (Å²) in [7, 11) is 1.56. The van der Waals surface area contributed by atoms with Gasteiger partial charge in [-0.3, -0.25) is 4.79 Å². The molecule has 0 spiro atoms. The number of rotatable bonds is 6. The second kappa shape index (κ2) is 7.27. The quantitative estimate of drug-likeness (QED) is 0.744. The number of carbonyl (C=O) groups is 1. The number of aryl methyl sites for hydroxylation is 1. The highest BCUT2D eigenvalue weighted by atomic mass is 32.1. The van der Waals surface area contributed by atoms with Crippen LogP contribution in [0.2, 0.25) is 0 Å². The number of thiophene rings is 1. The van der Waals surface area contributed by atoms with Gasteiger partial charge >= 0.3 is 0 Å². The third-order valence-corrected chi connectivity index (χ3v) is 4.31. The number of pyridine rings is 1. The summed E-state index contributed by atoms with van der Waals surface area (Å²) in [4.78, 5) is 21.6. The fraction of sp³-hybridized carbons (Fsp3) is 0.235. The first-order valence-corrected chi connectivity index (χ1v) is 8.29. The largest absolute Gasteiger partial charge is 0.481 e. The van der Waals surface area contributed by atoms with Gasteiger partial charge in [-0.1, -0.05) is 6.07 Å². The molecule has 6 nitrogen and oxygen atoms in total. The number of ether oxygens (including phenoxy) is 1. The van der Waals surface area contributed by atoms with E-state index in [9.17, 15) is 4.79 Å². The summed E-state index contributed by atoms with van der Waals surface area (Å²) >= 11 is 1.55. The Balaban J connectivity index is 1.60. The Morgan fingerprint density at radius 3 is 3.04 bits per heavy atom. The SMILES string of the molecule is COc1cc(CNC(=O)Cc2nc(-c3cccs3)oc2C)ccn1. The van der Waals surface area contributed by atoms with Crippen molar-refractivity contribution in [2.75, 3.05) is 7.11 Å². The van der Waals surface area contributed by atoms with Gasteiger partial charge in [0.2, 0.25) is 17.7 Å². The maximum Gasteiger partial charge on any atom is 0.236 e. The molecule has 0 saturated carbocycles. The van der Waals surface area contributed by atoms with Crippen LogP contribution < -0.4 is 10.1 Å². The molecule has 124 valence electrons. The van der Waals surface area contributed by atoms with Crippen molar-refractivity contribution in [1.82, 2.24) is 15.3 Å². The van der Waals surface area contributed by atoms with Crippen LogP contribution in [-0.4, -0.2) is 23.0 Å². The molecule has 3 rings (SSSR count). The predicted octanol–water partition coefficient (Wildman–Crippen LogP) is 2.97. The molecular weight excluding hydrogens is 326 g/mol. The Bertz CT molecular complexity index is 827. The van der Waals surface area contributed by atoms with Crippen molar-refractivity contribution in [3.8, 4) is 16.6 Å². The van der Waals surface area contributed by atoms with Gasteiger partial charge in [0, 0.05) is 18.8 Å². The van der Waals surface area contributed by atoms with Crippen LogP contribution in [0.4, 0.5) is 0 Å². The molecular formula is C17H17N3O3S. The van der Waals surface area contributed by atoms with E-state index in [1.54, 1.807) is 30.7 Å². The second-order valence-electron chi connectivity index (χ2n) is 5.16. The molecule has 1 amide bonds. The lowest BCUT2D eigenvalue weighted by atomic mass is 10.2. The van der Waals surface area contributed by atoms with E-state index in [2.05, 4.69) is 15.3 Å². The third kappa shape index (κ3) is 3.80. The lowest BCUT2D eigenvalue weighted by molar-refractivity contribution is -0.120. The molecule has 0 aliphatic rings. The fourth-order valence-electron chi connectivity index (χ4n) is 2.18. The minimum Gasteiger partial charge on any atom is -0.481 e. The molecule has 0 saturated heterocycles. The fourth-order valence-corrected chi connectivity index (χ4v) is 2.83. The topological polar surface area (TPSA) is 77.2 Å². The molecule has 1 N–H and O–H groups in total. The lowest BCUT2D eigenvalue weighted by Crippen LogP contribution is -2.25. The molecule has 0 atom stereocenters. The van der Waals surface area contributed by atoms with Crippen molar-refractivity contribution in [2.45, 2.75) is 19.9 Å². The van der Waals surface area contributed by atoms with Gasteiger partial charge in [0.15, 0.2) is 0 Å². The third-order valence-electron chi connectivity index (χ3n) is 3.45. The van der Waals surface area contributed by atoms with Gasteiger partial charge in [0.25, 0.3) is 0 Å². The van der Waals surface area contributed by atoms with E-state index in [1.807, 2.05) is 30.5 Å². The summed E-state index contributed by atoms with van der Waals surface area (Å²) in [5, 5.41) is 4.83. The Kier molecular flexibility index (Phi) is 4.90. The molecule has 0 unspecified atom stereocenters. The Morgan fingerprint density at radius 2 is 2.29 bits per heavy atom. The van der Waals surface area contributed by atoms with Crippen molar-refractivity contribution in [3.63, 3.8) is 0 Å². The van der Waals surface area contributed by atoms with Gasteiger partial charge < -0.3 is 14.5 Å². The second-order valence-corrected chi connectivity index (χ2v) is 6.11. The van der Waals surface area contributed by atoms with Crippen molar-refractivity contribution in [1.29, 1.82) is 0 Å². The number of nitrogens with zero attached hydrogens (tertiary/aromatic N) is 2. The molecule has 0 bridgehead atoms. The first-order valence-electron chi connectivity index (χ1n) is 7.41. The number of aromatic nitrogens is 2. The molecule has 3 heterocycles. The highest BCUT2D eigenvalue weighted by Crippen LogP contribution is 2.26. The maximum absolute atomic E-state index is 12.2. The van der Waals surface area contributed by atoms with E-state index < -0.39 is 0 Å². The average Bonchev–Trinajstić information content (AvgIpc) is 3.24. The highest BCUT2D eigenvalue weighted by Gasteiger charge is 2.15. The van der Waals surface area contributed by atoms with Gasteiger partial charge in [-0.25, -0.2) is 9.97 Å². The molecule has 3 aromatic heterocycles. The van der Waals surface area contributed by atoms with E-state index in [4.69, 9.17) is 9.15 Å². The molecule has 0 fully saturated rings. The standard InChI is InChI=1S/C17H17N3O3S/c1-11-13(20-17(23-11)14-4-3-7-24-14)9-15(21)19-10-12-5-6-18-16(8-12)22-2/h3-8H,9-10H2,1-2H3,(H,19,21). The monoisotopic (exact) mass is 343 g/mol. The Hall–Kier alpha value is -2.67. The highest BCUT2D eigenvalue weighted by molar-refractivity contribution is 7.13. The van der Waals surface area contributed by atoms with Crippen LogP contribution in [0.1, 0.15) is 17.0 Å². The number of hydrogen-bond acceptors (Lipinski definition) is 6. The van der Waals surface area contributed by atoms with Crippen LogP contribution in [-0.2, 0) is 17.8 Å². The summed E-state index contributed by atoms with van der Waals surface area (Å²) < 4.78 is 10.7. The summed E-state index contributed by atoms with van der Waals surface area (Å²) in [6, 6.07) is 7.50. The molecule has 24 heavy (non-hydrogen) atoms. The molecule has 7 heteroatoms. The van der Waals surface area contributed by atoms with Crippen LogP contribution in [0, 0.1) is 6.92 Å². The predicted molar refractivity (Wildman–Crippen MR) is 90.9 cm³/mol. The van der Waals surface area contributed by atoms with Crippen LogP contribution in [0.25, 0.3) is 10.8 Å². The normalized spacial score (nSPS) is 10.6. The molecule has 0 radical (unpaired) electrons. The van der Waals surface area contributed by atoms with Crippen LogP contribution in [0.3, 0.4) is 0 Å². The van der Waals surface area contributed by atoms with Crippen LogP contribution in [0.5, 0.6) is 5.88 Å². The van der Waals surface area contributed by atoms with Gasteiger partial charge in [-0.05, 0) is 30.0 Å². The Morgan fingerprint density at radius 1 is 1.42 bits per heavy atom. The van der Waals surface area contributed by atoms with Gasteiger partial charge in [-0.2, -0.15) is 0 Å². The van der Waals surface area contributed by atoms with E-state index in [0.29, 0.717) is 29.8 Å². The smallest absolute Gasteiger partial charge is 0.236 e. The summed E-state index contributed by atoms with van der Waals surface area (Å²) in [6.07, 6.45) is 1.83. The van der Waals surface area contributed by atoms with Crippen molar-refractivity contribution >= 4 is 17.2 Å². The van der Waals surface area contributed by atoms with Gasteiger partial charge in [0.1, 0.15) is 5.76 Å². The average molecular weight is 343 g/mol. The number of hydrogen-bond donors (Lipinski definition) is 1. The van der Waals surface area contributed by atoms with Crippen molar-refractivity contribution in [3.05, 3.63) is 52.9 Å². The zero-order valence-electron chi connectivity index (χ0n) is 13.4. The van der Waals surface area contributed by atoms with E-state index in [-0.39, 0.29) is 12.3 Å². The number of nitrogens with one attached hydrogen (secondary N) is 1. The minimum atomic E-state index is -0.111. The van der Waals surface area contributed by atoms with E-state index in [0.717, 1.165) is 10.4 Å². The molecule has 0 aliphatic carbocycles. The van der Waals surface area contributed by atoms with Gasteiger partial charge in [-0.15, -0.1) is 11.3 Å². The minimum absolute atomic E-state index is 0.111. The number of methoxy groups -OCH3 is 1. The molecule has 0 aliphatic heterocycles.